The number of hydrogen-bond donors (Lipinski definition) is 2. The molecule has 3 N–H and O–H groups in total. The van der Waals surface area contributed by atoms with Crippen molar-refractivity contribution in [2.24, 2.45) is 0 Å². The first kappa shape index (κ1) is 13.5. The standard InChI is InChI=1S/C14H14ClFN2O/c1-2-19-14-6-4-10(8-11(14)16)18-13-5-3-9(15)7-12(13)17/h3-8,18H,2,17H2,1H3. The van der Waals surface area contributed by atoms with Crippen LogP contribution in [0.5, 0.6) is 5.75 Å². The number of nitrogens with one attached hydrogen (secondary N) is 1. The monoisotopic (exact) mass is 280 g/mol. The lowest BCUT2D eigenvalue weighted by Gasteiger charge is -2.11. The third-order valence-electron chi connectivity index (χ3n) is 2.52. The molecule has 0 saturated heterocycles. The summed E-state index contributed by atoms with van der Waals surface area (Å²) < 4.78 is 18.8. The number of hydrogen-bond acceptors (Lipinski definition) is 3. The van der Waals surface area contributed by atoms with Crippen LogP contribution in [-0.4, -0.2) is 6.61 Å². The van der Waals surface area contributed by atoms with Gasteiger partial charge in [0.2, 0.25) is 0 Å². The van der Waals surface area contributed by atoms with E-state index >= 15 is 0 Å². The Morgan fingerprint density at radius 2 is 2.05 bits per heavy atom. The third-order valence-corrected chi connectivity index (χ3v) is 2.76. The molecule has 0 fully saturated rings. The molecule has 3 nitrogen and oxygen atoms in total. The lowest BCUT2D eigenvalue weighted by atomic mass is 10.2. The number of nitrogens with two attached hydrogens (primary N) is 1. The van der Waals surface area contributed by atoms with E-state index in [0.717, 1.165) is 0 Å². The average Bonchev–Trinajstić information content (AvgIpc) is 2.36. The van der Waals surface area contributed by atoms with Crippen molar-refractivity contribution in [3.8, 4) is 5.75 Å². The molecule has 2 aromatic rings. The van der Waals surface area contributed by atoms with Crippen LogP contribution >= 0.6 is 11.6 Å². The Morgan fingerprint density at radius 1 is 1.26 bits per heavy atom. The highest BCUT2D eigenvalue weighted by atomic mass is 35.5. The fourth-order valence-electron chi connectivity index (χ4n) is 1.65. The minimum Gasteiger partial charge on any atom is -0.491 e. The second-order valence-corrected chi connectivity index (χ2v) is 4.37. The van der Waals surface area contributed by atoms with Crippen LogP contribution in [0.25, 0.3) is 0 Å². The lowest BCUT2D eigenvalue weighted by Crippen LogP contribution is -1.98. The number of nitrogen functional groups attached to an aromatic ring is 1. The van der Waals surface area contributed by atoms with Crippen molar-refractivity contribution in [2.45, 2.75) is 6.92 Å². The summed E-state index contributed by atoms with van der Waals surface area (Å²) >= 11 is 5.82. The third kappa shape index (κ3) is 3.29. The van der Waals surface area contributed by atoms with E-state index in [1.54, 1.807) is 37.3 Å². The molecule has 2 rings (SSSR count). The molecule has 0 radical (unpaired) electrons. The Hall–Kier alpha value is -1.94. The predicted octanol–water partition coefficient (Wildman–Crippen LogP) is 4.20. The van der Waals surface area contributed by atoms with Crippen molar-refractivity contribution >= 4 is 28.7 Å². The minimum absolute atomic E-state index is 0.233. The second-order valence-electron chi connectivity index (χ2n) is 3.93. The molecule has 0 atom stereocenters. The van der Waals surface area contributed by atoms with E-state index in [0.29, 0.717) is 28.7 Å². The molecule has 0 aromatic heterocycles. The van der Waals surface area contributed by atoms with Crippen LogP contribution in [0.2, 0.25) is 5.02 Å². The van der Waals surface area contributed by atoms with Gasteiger partial charge in [0.1, 0.15) is 0 Å². The van der Waals surface area contributed by atoms with Gasteiger partial charge in [-0.15, -0.1) is 0 Å². The summed E-state index contributed by atoms with van der Waals surface area (Å²) in [4.78, 5) is 0. The molecule has 19 heavy (non-hydrogen) atoms. The summed E-state index contributed by atoms with van der Waals surface area (Å²) in [5.41, 5.74) is 7.59. The fourth-order valence-corrected chi connectivity index (χ4v) is 1.83. The maximum atomic E-state index is 13.7. The van der Waals surface area contributed by atoms with Crippen molar-refractivity contribution in [1.29, 1.82) is 0 Å². The van der Waals surface area contributed by atoms with Gasteiger partial charge in [0.25, 0.3) is 0 Å². The molecule has 0 unspecified atom stereocenters. The normalized spacial score (nSPS) is 10.3. The molecule has 0 aliphatic heterocycles. The number of benzene rings is 2. The zero-order chi connectivity index (χ0) is 13.8. The van der Waals surface area contributed by atoms with E-state index in [1.165, 1.54) is 6.07 Å². The second kappa shape index (κ2) is 5.80. The number of rotatable bonds is 4. The van der Waals surface area contributed by atoms with Crippen molar-refractivity contribution in [3.05, 3.63) is 47.2 Å². The van der Waals surface area contributed by atoms with Gasteiger partial charge in [-0.2, -0.15) is 0 Å². The van der Waals surface area contributed by atoms with E-state index in [1.807, 2.05) is 0 Å². The topological polar surface area (TPSA) is 47.3 Å². The van der Waals surface area contributed by atoms with Gasteiger partial charge in [-0.25, -0.2) is 4.39 Å². The van der Waals surface area contributed by atoms with Crippen molar-refractivity contribution < 1.29 is 9.13 Å². The molecule has 100 valence electrons. The van der Waals surface area contributed by atoms with Crippen molar-refractivity contribution in [2.75, 3.05) is 17.7 Å². The van der Waals surface area contributed by atoms with Crippen molar-refractivity contribution in [3.63, 3.8) is 0 Å². The first-order valence-electron chi connectivity index (χ1n) is 5.84. The van der Waals surface area contributed by atoms with E-state index in [2.05, 4.69) is 5.32 Å². The molecule has 0 amide bonds. The summed E-state index contributed by atoms with van der Waals surface area (Å²) in [5, 5.41) is 3.59. The highest BCUT2D eigenvalue weighted by Gasteiger charge is 2.06. The fraction of sp³-hybridized carbons (Fsp3) is 0.143. The van der Waals surface area contributed by atoms with Crippen LogP contribution in [0.3, 0.4) is 0 Å². The van der Waals surface area contributed by atoms with Gasteiger partial charge < -0.3 is 15.8 Å². The molecule has 0 bridgehead atoms. The number of ether oxygens (including phenoxy) is 1. The van der Waals surface area contributed by atoms with Gasteiger partial charge in [0.05, 0.1) is 18.0 Å². The Kier molecular flexibility index (Phi) is 4.12. The molecule has 0 aliphatic rings. The van der Waals surface area contributed by atoms with E-state index < -0.39 is 5.82 Å². The van der Waals surface area contributed by atoms with Crippen LogP contribution in [0.15, 0.2) is 36.4 Å². The zero-order valence-electron chi connectivity index (χ0n) is 10.4. The van der Waals surface area contributed by atoms with Gasteiger partial charge in [-0.3, -0.25) is 0 Å². The van der Waals surface area contributed by atoms with Crippen LogP contribution in [0.1, 0.15) is 6.92 Å². The molecule has 0 aliphatic carbocycles. The molecular weight excluding hydrogens is 267 g/mol. The van der Waals surface area contributed by atoms with Crippen molar-refractivity contribution in [1.82, 2.24) is 0 Å². The van der Waals surface area contributed by atoms with Gasteiger partial charge in [0.15, 0.2) is 11.6 Å². The Bertz CT molecular complexity index is 590. The summed E-state index contributed by atoms with van der Waals surface area (Å²) in [5.74, 6) is -0.184. The summed E-state index contributed by atoms with van der Waals surface area (Å²) in [6, 6.07) is 9.75. The van der Waals surface area contributed by atoms with Gasteiger partial charge in [-0.05, 0) is 37.3 Å². The molecule has 5 heteroatoms. The maximum Gasteiger partial charge on any atom is 0.167 e. The van der Waals surface area contributed by atoms with Crippen LogP contribution in [0, 0.1) is 5.82 Å². The molecule has 0 heterocycles. The minimum atomic E-state index is -0.417. The lowest BCUT2D eigenvalue weighted by molar-refractivity contribution is 0.321. The van der Waals surface area contributed by atoms with Crippen LogP contribution in [-0.2, 0) is 0 Å². The first-order valence-corrected chi connectivity index (χ1v) is 6.22. The van der Waals surface area contributed by atoms with Crippen LogP contribution in [0.4, 0.5) is 21.5 Å². The molecule has 0 spiro atoms. The predicted molar refractivity (Wildman–Crippen MR) is 76.7 cm³/mol. The number of anilines is 3. The Labute approximate surface area is 116 Å². The smallest absolute Gasteiger partial charge is 0.167 e. The van der Waals surface area contributed by atoms with Gasteiger partial charge >= 0.3 is 0 Å². The quantitative estimate of drug-likeness (QED) is 0.825. The molecule has 0 saturated carbocycles. The Balaban J connectivity index is 2.21. The molecular formula is C14H14ClFN2O. The zero-order valence-corrected chi connectivity index (χ0v) is 11.2. The van der Waals surface area contributed by atoms with Crippen LogP contribution < -0.4 is 15.8 Å². The van der Waals surface area contributed by atoms with E-state index in [4.69, 9.17) is 22.1 Å². The van der Waals surface area contributed by atoms with Gasteiger partial charge in [-0.1, -0.05) is 11.6 Å². The SMILES string of the molecule is CCOc1ccc(Nc2ccc(Cl)cc2N)cc1F. The highest BCUT2D eigenvalue weighted by molar-refractivity contribution is 6.31. The summed E-state index contributed by atoms with van der Waals surface area (Å²) in [6.45, 7) is 2.23. The van der Waals surface area contributed by atoms with E-state index in [9.17, 15) is 4.39 Å². The Morgan fingerprint density at radius 3 is 2.68 bits per heavy atom. The average molecular weight is 281 g/mol. The summed E-state index contributed by atoms with van der Waals surface area (Å²) in [6.07, 6.45) is 0. The maximum absolute atomic E-state index is 13.7. The largest absolute Gasteiger partial charge is 0.491 e. The highest BCUT2D eigenvalue weighted by Crippen LogP contribution is 2.28. The summed E-state index contributed by atoms with van der Waals surface area (Å²) in [7, 11) is 0. The van der Waals surface area contributed by atoms with Gasteiger partial charge in [0, 0.05) is 16.8 Å². The molecule has 2 aromatic carbocycles. The first-order chi connectivity index (χ1) is 9.10. The number of halogens is 2. The van der Waals surface area contributed by atoms with E-state index in [-0.39, 0.29) is 5.75 Å².